The van der Waals surface area contributed by atoms with Gasteiger partial charge in [0.25, 0.3) is 0 Å². The molecule has 2 rings (SSSR count). The molecule has 0 spiro atoms. The molecule has 0 atom stereocenters. The Morgan fingerprint density at radius 1 is 1.44 bits per heavy atom. The number of thiazole rings is 1. The molecule has 1 heterocycles. The molecular weight excluding hydrogens is 248 g/mol. The lowest BCUT2D eigenvalue weighted by Gasteiger charge is -2.08. The smallest absolute Gasteiger partial charge is 0.340 e. The Morgan fingerprint density at radius 3 is 2.83 bits per heavy atom. The van der Waals surface area contributed by atoms with Crippen LogP contribution in [0, 0.1) is 13.8 Å². The number of rotatable bonds is 3. The zero-order valence-electron chi connectivity index (χ0n) is 10.3. The molecule has 2 N–H and O–H groups in total. The number of nitrogens with two attached hydrogens (primary N) is 1. The third-order valence-corrected chi connectivity index (χ3v) is 3.44. The fraction of sp³-hybridized carbons (Fsp3) is 0.231. The van der Waals surface area contributed by atoms with Crippen LogP contribution in [0.3, 0.4) is 0 Å². The van der Waals surface area contributed by atoms with Crippen LogP contribution in [0.25, 0.3) is 0 Å². The number of benzene rings is 1. The van der Waals surface area contributed by atoms with Gasteiger partial charge in [-0.1, -0.05) is 12.1 Å². The summed E-state index contributed by atoms with van der Waals surface area (Å²) in [6, 6.07) is 5.34. The van der Waals surface area contributed by atoms with Gasteiger partial charge in [-0.15, -0.1) is 11.3 Å². The number of carbonyl (C=O) groups is 1. The van der Waals surface area contributed by atoms with E-state index in [0.717, 1.165) is 16.3 Å². The van der Waals surface area contributed by atoms with E-state index in [9.17, 15) is 4.79 Å². The van der Waals surface area contributed by atoms with Gasteiger partial charge in [0.2, 0.25) is 0 Å². The molecular formula is C13H14N2O2S. The van der Waals surface area contributed by atoms with E-state index in [1.165, 1.54) is 11.3 Å². The maximum absolute atomic E-state index is 11.9. The summed E-state index contributed by atoms with van der Waals surface area (Å²) >= 11 is 1.48. The molecule has 18 heavy (non-hydrogen) atoms. The van der Waals surface area contributed by atoms with Gasteiger partial charge in [0.15, 0.2) is 0 Å². The fourth-order valence-corrected chi connectivity index (χ4v) is 2.32. The van der Waals surface area contributed by atoms with Crippen molar-refractivity contribution in [1.82, 2.24) is 4.98 Å². The third kappa shape index (κ3) is 2.68. The Labute approximate surface area is 109 Å². The number of esters is 1. The quantitative estimate of drug-likeness (QED) is 0.682. The number of nitrogen functional groups attached to an aromatic ring is 1. The zero-order valence-corrected chi connectivity index (χ0v) is 11.1. The Bertz CT molecular complexity index is 558. The second-order valence-corrected chi connectivity index (χ2v) is 4.94. The number of carbonyl (C=O) groups excluding carboxylic acids is 1. The van der Waals surface area contributed by atoms with Gasteiger partial charge in [-0.25, -0.2) is 9.78 Å². The summed E-state index contributed by atoms with van der Waals surface area (Å²) in [5.41, 5.74) is 8.40. The van der Waals surface area contributed by atoms with Crippen molar-refractivity contribution in [3.63, 3.8) is 0 Å². The van der Waals surface area contributed by atoms with Gasteiger partial charge in [-0.05, 0) is 25.5 Å². The summed E-state index contributed by atoms with van der Waals surface area (Å²) in [6.07, 6.45) is 0. The molecule has 2 aromatic rings. The van der Waals surface area contributed by atoms with E-state index in [1.54, 1.807) is 6.07 Å². The van der Waals surface area contributed by atoms with Crippen LogP contribution in [0.4, 0.5) is 5.69 Å². The number of hydrogen-bond acceptors (Lipinski definition) is 5. The Balaban J connectivity index is 2.08. The van der Waals surface area contributed by atoms with Crippen molar-refractivity contribution in [3.05, 3.63) is 45.4 Å². The molecule has 0 saturated carbocycles. The van der Waals surface area contributed by atoms with Crippen LogP contribution in [0.15, 0.2) is 23.6 Å². The second-order valence-electron chi connectivity index (χ2n) is 4.00. The standard InChI is InChI=1S/C13H14N2O2S/c1-8-4-3-5-10(14)12(8)13(16)17-6-11-15-9(2)7-18-11/h3-5,7H,6,14H2,1-2H3. The molecule has 0 radical (unpaired) electrons. The lowest BCUT2D eigenvalue weighted by Crippen LogP contribution is -2.10. The van der Waals surface area contributed by atoms with Crippen molar-refractivity contribution in [2.75, 3.05) is 5.73 Å². The summed E-state index contributed by atoms with van der Waals surface area (Å²) in [5, 5.41) is 2.71. The van der Waals surface area contributed by atoms with Gasteiger partial charge >= 0.3 is 5.97 Å². The number of anilines is 1. The van der Waals surface area contributed by atoms with E-state index in [0.29, 0.717) is 11.3 Å². The Morgan fingerprint density at radius 2 is 2.22 bits per heavy atom. The number of aromatic nitrogens is 1. The Kier molecular flexibility index (Phi) is 3.62. The predicted molar refractivity (Wildman–Crippen MR) is 71.6 cm³/mol. The van der Waals surface area contributed by atoms with Crippen molar-refractivity contribution >= 4 is 23.0 Å². The minimum absolute atomic E-state index is 0.186. The summed E-state index contributed by atoms with van der Waals surface area (Å²) in [4.78, 5) is 16.2. The maximum atomic E-state index is 11.9. The summed E-state index contributed by atoms with van der Waals surface area (Å²) in [7, 11) is 0. The highest BCUT2D eigenvalue weighted by molar-refractivity contribution is 7.09. The van der Waals surface area contributed by atoms with E-state index < -0.39 is 5.97 Å². The largest absolute Gasteiger partial charge is 0.455 e. The minimum atomic E-state index is -0.404. The van der Waals surface area contributed by atoms with Crippen molar-refractivity contribution < 1.29 is 9.53 Å². The summed E-state index contributed by atoms with van der Waals surface area (Å²) < 4.78 is 5.22. The zero-order chi connectivity index (χ0) is 13.1. The van der Waals surface area contributed by atoms with E-state index in [-0.39, 0.29) is 6.61 Å². The van der Waals surface area contributed by atoms with Crippen LogP contribution < -0.4 is 5.73 Å². The van der Waals surface area contributed by atoms with Gasteiger partial charge in [-0.3, -0.25) is 0 Å². The number of nitrogens with zero attached hydrogens (tertiary/aromatic N) is 1. The SMILES string of the molecule is Cc1csc(COC(=O)c2c(C)cccc2N)n1. The predicted octanol–water partition coefficient (Wildman–Crippen LogP) is 2.70. The van der Waals surface area contributed by atoms with Crippen LogP contribution in [0.5, 0.6) is 0 Å². The topological polar surface area (TPSA) is 65.2 Å². The second kappa shape index (κ2) is 5.18. The molecule has 0 aliphatic heterocycles. The normalized spacial score (nSPS) is 10.3. The average molecular weight is 262 g/mol. The average Bonchev–Trinajstić information content (AvgIpc) is 2.72. The first-order chi connectivity index (χ1) is 8.58. The third-order valence-electron chi connectivity index (χ3n) is 2.50. The first-order valence-corrected chi connectivity index (χ1v) is 6.39. The molecule has 0 bridgehead atoms. The van der Waals surface area contributed by atoms with Gasteiger partial charge in [0, 0.05) is 16.8 Å². The molecule has 0 aliphatic rings. The highest BCUT2D eigenvalue weighted by Crippen LogP contribution is 2.18. The summed E-state index contributed by atoms with van der Waals surface area (Å²) in [6.45, 7) is 3.92. The van der Waals surface area contributed by atoms with Gasteiger partial charge in [0.1, 0.15) is 11.6 Å². The van der Waals surface area contributed by atoms with Crippen LogP contribution in [0.2, 0.25) is 0 Å². The van der Waals surface area contributed by atoms with E-state index in [4.69, 9.17) is 10.5 Å². The molecule has 4 nitrogen and oxygen atoms in total. The van der Waals surface area contributed by atoms with E-state index in [2.05, 4.69) is 4.98 Å². The van der Waals surface area contributed by atoms with Gasteiger partial charge in [0.05, 0.1) is 5.56 Å². The fourth-order valence-electron chi connectivity index (χ4n) is 1.64. The molecule has 5 heteroatoms. The lowest BCUT2D eigenvalue weighted by atomic mass is 10.1. The molecule has 0 fully saturated rings. The summed E-state index contributed by atoms with van der Waals surface area (Å²) in [5.74, 6) is -0.404. The van der Waals surface area contributed by atoms with Crippen molar-refractivity contribution in [3.8, 4) is 0 Å². The van der Waals surface area contributed by atoms with Crippen LogP contribution >= 0.6 is 11.3 Å². The number of ether oxygens (including phenoxy) is 1. The molecule has 1 aromatic carbocycles. The van der Waals surface area contributed by atoms with Gasteiger partial charge < -0.3 is 10.5 Å². The molecule has 0 saturated heterocycles. The minimum Gasteiger partial charge on any atom is -0.455 e. The van der Waals surface area contributed by atoms with E-state index >= 15 is 0 Å². The molecule has 0 aliphatic carbocycles. The molecule has 0 unspecified atom stereocenters. The van der Waals surface area contributed by atoms with Crippen molar-refractivity contribution in [2.45, 2.75) is 20.5 Å². The molecule has 1 aromatic heterocycles. The lowest BCUT2D eigenvalue weighted by molar-refractivity contribution is 0.0472. The van der Waals surface area contributed by atoms with Crippen molar-refractivity contribution in [2.24, 2.45) is 0 Å². The molecule has 94 valence electrons. The highest BCUT2D eigenvalue weighted by atomic mass is 32.1. The van der Waals surface area contributed by atoms with Crippen molar-refractivity contribution in [1.29, 1.82) is 0 Å². The first-order valence-electron chi connectivity index (χ1n) is 5.51. The maximum Gasteiger partial charge on any atom is 0.340 e. The van der Waals surface area contributed by atoms with E-state index in [1.807, 2.05) is 31.4 Å². The van der Waals surface area contributed by atoms with Crippen LogP contribution in [-0.4, -0.2) is 11.0 Å². The van der Waals surface area contributed by atoms with Crippen LogP contribution in [-0.2, 0) is 11.3 Å². The van der Waals surface area contributed by atoms with Crippen LogP contribution in [0.1, 0.15) is 26.6 Å². The first kappa shape index (κ1) is 12.6. The van der Waals surface area contributed by atoms with Gasteiger partial charge in [-0.2, -0.15) is 0 Å². The number of hydrogen-bond donors (Lipinski definition) is 1. The number of aryl methyl sites for hydroxylation is 2. The Hall–Kier alpha value is -1.88. The highest BCUT2D eigenvalue weighted by Gasteiger charge is 2.14. The molecule has 0 amide bonds. The monoisotopic (exact) mass is 262 g/mol.